The van der Waals surface area contributed by atoms with Gasteiger partial charge in [-0.1, -0.05) is 42.5 Å². The van der Waals surface area contributed by atoms with Gasteiger partial charge in [0.15, 0.2) is 0 Å². The van der Waals surface area contributed by atoms with Gasteiger partial charge in [0.05, 0.1) is 22.8 Å². The first-order valence-corrected chi connectivity index (χ1v) is 9.03. The Morgan fingerprint density at radius 1 is 1.11 bits per heavy atom. The Hall–Kier alpha value is -3.67. The number of hydrogen-bond acceptors (Lipinski definition) is 4. The predicted octanol–water partition coefficient (Wildman–Crippen LogP) is 1.59. The number of fused-ring (bicyclic) bond motifs is 1. The van der Waals surface area contributed by atoms with Gasteiger partial charge in [0.1, 0.15) is 5.69 Å². The normalized spacial score (nSPS) is 12.6. The lowest BCUT2D eigenvalue weighted by Crippen LogP contribution is -2.47. The van der Waals surface area contributed by atoms with E-state index in [4.69, 9.17) is 5.73 Å². The molecule has 0 saturated carbocycles. The highest BCUT2D eigenvalue weighted by Crippen LogP contribution is 2.22. The number of hydrogen-bond donors (Lipinski definition) is 2. The van der Waals surface area contributed by atoms with Gasteiger partial charge >= 0.3 is 5.97 Å². The Morgan fingerprint density at radius 3 is 2.61 bits per heavy atom. The van der Waals surface area contributed by atoms with E-state index in [1.165, 1.54) is 18.2 Å². The fourth-order valence-corrected chi connectivity index (χ4v) is 3.40. The molecule has 0 aliphatic heterocycles. The Kier molecular flexibility index (Phi) is 4.53. The molecule has 3 aromatic rings. The second-order valence-electron chi connectivity index (χ2n) is 6.70. The molecule has 6 nitrogen and oxygen atoms in total. The van der Waals surface area contributed by atoms with Gasteiger partial charge in [-0.2, -0.15) is 0 Å². The lowest BCUT2D eigenvalue weighted by Gasteiger charge is -2.14. The summed E-state index contributed by atoms with van der Waals surface area (Å²) in [5.74, 6) is -1.08. The van der Waals surface area contributed by atoms with Crippen LogP contribution in [0, 0.1) is 0 Å². The maximum absolute atomic E-state index is 13.3. The Bertz CT molecular complexity index is 1240. The number of carboxylic acid groups (broad SMARTS) is 1. The van der Waals surface area contributed by atoms with Crippen LogP contribution in [0.15, 0.2) is 53.3 Å². The summed E-state index contributed by atoms with van der Waals surface area (Å²) in [6.07, 6.45) is 5.71. The summed E-state index contributed by atoms with van der Waals surface area (Å²) in [7, 11) is 0. The smallest absolute Gasteiger partial charge is 0.335 e. The number of nitrogens with zero attached hydrogens (tertiary/aromatic N) is 2. The molecule has 0 spiro atoms. The van der Waals surface area contributed by atoms with E-state index in [1.807, 2.05) is 42.5 Å². The highest BCUT2D eigenvalue weighted by atomic mass is 16.4. The zero-order valence-electron chi connectivity index (χ0n) is 15.1. The van der Waals surface area contributed by atoms with E-state index in [0.717, 1.165) is 29.1 Å². The van der Waals surface area contributed by atoms with E-state index in [2.05, 4.69) is 4.98 Å². The molecule has 0 radical (unpaired) electrons. The zero-order chi connectivity index (χ0) is 19.7. The van der Waals surface area contributed by atoms with Crippen molar-refractivity contribution in [2.24, 2.45) is 0 Å². The molecule has 2 aromatic carbocycles. The fourth-order valence-electron chi connectivity index (χ4n) is 3.40. The van der Waals surface area contributed by atoms with Crippen LogP contribution in [0.3, 0.4) is 0 Å². The van der Waals surface area contributed by atoms with E-state index < -0.39 is 5.97 Å². The number of nitrogens with two attached hydrogens (primary N) is 1. The molecular formula is C22H19N3O3. The molecule has 0 unspecified atom stereocenters. The van der Waals surface area contributed by atoms with Gasteiger partial charge in [0.25, 0.3) is 5.56 Å². The molecule has 3 N–H and O–H groups in total. The number of carboxylic acids is 1. The second kappa shape index (κ2) is 7.15. The van der Waals surface area contributed by atoms with E-state index in [-0.39, 0.29) is 16.8 Å². The first kappa shape index (κ1) is 17.7. The summed E-state index contributed by atoms with van der Waals surface area (Å²) >= 11 is 0. The van der Waals surface area contributed by atoms with Crippen molar-refractivity contribution < 1.29 is 9.90 Å². The van der Waals surface area contributed by atoms with Crippen LogP contribution in [0.4, 0.5) is 5.69 Å². The summed E-state index contributed by atoms with van der Waals surface area (Å²) in [6.45, 7) is 0.403. The molecule has 1 heterocycles. The SMILES string of the molecule is Nc1ccc(C(=O)O)cc1-c1nc2c(n(Cc3ccccc3)c1=O)=CCCC=2. The van der Waals surface area contributed by atoms with E-state index in [1.54, 1.807) is 4.57 Å². The van der Waals surface area contributed by atoms with Crippen LogP contribution in [0.2, 0.25) is 0 Å². The minimum atomic E-state index is -1.08. The third-order valence-corrected chi connectivity index (χ3v) is 4.81. The molecule has 1 aliphatic rings. The van der Waals surface area contributed by atoms with Crippen molar-refractivity contribution in [1.82, 2.24) is 9.55 Å². The first-order valence-electron chi connectivity index (χ1n) is 9.03. The van der Waals surface area contributed by atoms with Crippen LogP contribution < -0.4 is 22.0 Å². The van der Waals surface area contributed by atoms with Gasteiger partial charge in [-0.15, -0.1) is 0 Å². The molecule has 4 rings (SSSR count). The topological polar surface area (TPSA) is 98.2 Å². The van der Waals surface area contributed by atoms with Gasteiger partial charge < -0.3 is 15.4 Å². The molecule has 0 fully saturated rings. The molecule has 1 aliphatic carbocycles. The number of carbonyl (C=O) groups is 1. The van der Waals surface area contributed by atoms with Crippen LogP contribution in [0.25, 0.3) is 23.4 Å². The standard InChI is InChI=1S/C22H19N3O3/c23-17-11-10-15(22(27)28)12-16(17)20-21(26)25(13-14-6-2-1-3-7-14)19-9-5-4-8-18(19)24-20/h1-3,6-12H,4-5,13,23H2,(H,27,28). The minimum absolute atomic E-state index is 0.0632. The first-order chi connectivity index (χ1) is 13.5. The quantitative estimate of drug-likeness (QED) is 0.677. The Labute approximate surface area is 160 Å². The third kappa shape index (κ3) is 3.20. The van der Waals surface area contributed by atoms with Gasteiger partial charge in [-0.3, -0.25) is 4.79 Å². The molecule has 28 heavy (non-hydrogen) atoms. The molecule has 0 bridgehead atoms. The summed E-state index contributed by atoms with van der Waals surface area (Å²) in [5.41, 5.74) is 7.67. The monoisotopic (exact) mass is 373 g/mol. The van der Waals surface area contributed by atoms with Crippen molar-refractivity contribution in [3.8, 4) is 11.3 Å². The maximum Gasteiger partial charge on any atom is 0.335 e. The fraction of sp³-hybridized carbons (Fsp3) is 0.136. The second-order valence-corrected chi connectivity index (χ2v) is 6.70. The number of anilines is 1. The zero-order valence-corrected chi connectivity index (χ0v) is 15.1. The van der Waals surface area contributed by atoms with Crippen molar-refractivity contribution in [1.29, 1.82) is 0 Å². The predicted molar refractivity (Wildman–Crippen MR) is 108 cm³/mol. The Morgan fingerprint density at radius 2 is 1.86 bits per heavy atom. The summed E-state index contributed by atoms with van der Waals surface area (Å²) in [6, 6.07) is 14.0. The molecule has 140 valence electrons. The molecular weight excluding hydrogens is 354 g/mol. The van der Waals surface area contributed by atoms with Gasteiger partial charge in [-0.25, -0.2) is 9.78 Å². The number of rotatable bonds is 4. The number of nitrogen functional groups attached to an aromatic ring is 1. The molecule has 0 saturated heterocycles. The van der Waals surface area contributed by atoms with Crippen LogP contribution in [-0.4, -0.2) is 20.6 Å². The van der Waals surface area contributed by atoms with Crippen LogP contribution in [-0.2, 0) is 6.54 Å². The van der Waals surface area contributed by atoms with Crippen molar-refractivity contribution in [3.05, 3.63) is 80.7 Å². The van der Waals surface area contributed by atoms with Crippen molar-refractivity contribution in [2.45, 2.75) is 19.4 Å². The Balaban J connectivity index is 1.99. The maximum atomic E-state index is 13.3. The van der Waals surface area contributed by atoms with Crippen LogP contribution >= 0.6 is 0 Å². The lowest BCUT2D eigenvalue weighted by molar-refractivity contribution is 0.0697. The van der Waals surface area contributed by atoms with Crippen molar-refractivity contribution in [3.63, 3.8) is 0 Å². The summed E-state index contributed by atoms with van der Waals surface area (Å²) in [5, 5.41) is 10.8. The molecule has 0 amide bonds. The minimum Gasteiger partial charge on any atom is -0.478 e. The average Bonchev–Trinajstić information content (AvgIpc) is 2.71. The highest BCUT2D eigenvalue weighted by Gasteiger charge is 2.16. The van der Waals surface area contributed by atoms with Gasteiger partial charge in [0, 0.05) is 11.3 Å². The number of aromatic nitrogens is 2. The molecule has 1 aromatic heterocycles. The van der Waals surface area contributed by atoms with Crippen LogP contribution in [0.5, 0.6) is 0 Å². The third-order valence-electron chi connectivity index (χ3n) is 4.81. The highest BCUT2D eigenvalue weighted by molar-refractivity contribution is 5.91. The van der Waals surface area contributed by atoms with Crippen LogP contribution in [0.1, 0.15) is 28.8 Å². The molecule has 6 heteroatoms. The van der Waals surface area contributed by atoms with E-state index >= 15 is 0 Å². The molecule has 0 atom stereocenters. The summed E-state index contributed by atoms with van der Waals surface area (Å²) in [4.78, 5) is 29.3. The lowest BCUT2D eigenvalue weighted by atomic mass is 10.1. The van der Waals surface area contributed by atoms with Crippen molar-refractivity contribution in [2.75, 3.05) is 5.73 Å². The van der Waals surface area contributed by atoms with Gasteiger partial charge in [0.2, 0.25) is 0 Å². The van der Waals surface area contributed by atoms with E-state index in [0.29, 0.717) is 17.8 Å². The summed E-state index contributed by atoms with van der Waals surface area (Å²) < 4.78 is 1.69. The number of aromatic carboxylic acids is 1. The van der Waals surface area contributed by atoms with Crippen molar-refractivity contribution >= 4 is 23.8 Å². The van der Waals surface area contributed by atoms with E-state index in [9.17, 15) is 14.7 Å². The van der Waals surface area contributed by atoms with Gasteiger partial charge in [-0.05, 0) is 36.6 Å². The largest absolute Gasteiger partial charge is 0.478 e. The number of benzene rings is 2. The average molecular weight is 373 g/mol.